The normalized spacial score (nSPS) is 11.3. The highest BCUT2D eigenvalue weighted by Crippen LogP contribution is 2.29. The van der Waals surface area contributed by atoms with Gasteiger partial charge in [0.2, 0.25) is 10.0 Å². The molecule has 1 amide bonds. The number of carbonyl (C=O) groups is 1. The largest absolute Gasteiger partial charge is 0.504 e. The number of hydrogen-bond donors (Lipinski definition) is 4. The molecule has 0 saturated heterocycles. The Morgan fingerprint density at radius 1 is 1.38 bits per heavy atom. The number of amides is 1. The summed E-state index contributed by atoms with van der Waals surface area (Å²) in [6.45, 7) is 0. The van der Waals surface area contributed by atoms with Crippen molar-refractivity contribution in [2.24, 2.45) is 12.2 Å². The number of sulfonamides is 1. The first-order valence-corrected chi connectivity index (χ1v) is 7.13. The zero-order valence-corrected chi connectivity index (χ0v) is 11.6. The van der Waals surface area contributed by atoms with Crippen LogP contribution in [0, 0.1) is 0 Å². The molecule has 0 fully saturated rings. The van der Waals surface area contributed by atoms with Crippen molar-refractivity contribution in [3.63, 3.8) is 0 Å². The van der Waals surface area contributed by atoms with E-state index in [9.17, 15) is 23.4 Å². The third-order valence-electron chi connectivity index (χ3n) is 2.59. The second kappa shape index (κ2) is 5.07. The van der Waals surface area contributed by atoms with Crippen LogP contribution in [0.5, 0.6) is 11.5 Å². The van der Waals surface area contributed by atoms with Crippen molar-refractivity contribution in [2.75, 3.05) is 5.32 Å². The average molecular weight is 312 g/mol. The van der Waals surface area contributed by atoms with Gasteiger partial charge in [-0.05, 0) is 12.1 Å². The monoisotopic (exact) mass is 312 g/mol. The fourth-order valence-corrected chi connectivity index (χ4v) is 2.31. The van der Waals surface area contributed by atoms with Gasteiger partial charge in [0.1, 0.15) is 4.90 Å². The molecule has 2 aromatic rings. The maximum atomic E-state index is 12.0. The van der Waals surface area contributed by atoms with E-state index in [1.54, 1.807) is 0 Å². The topological polar surface area (TPSA) is 148 Å². The summed E-state index contributed by atoms with van der Waals surface area (Å²) < 4.78 is 23.9. The first-order valence-electron chi connectivity index (χ1n) is 5.59. The molecule has 9 nitrogen and oxygen atoms in total. The minimum absolute atomic E-state index is 0.235. The lowest BCUT2D eigenvalue weighted by atomic mass is 10.1. The van der Waals surface area contributed by atoms with Gasteiger partial charge < -0.3 is 15.5 Å². The number of hydrogen-bond acceptors (Lipinski definition) is 6. The van der Waals surface area contributed by atoms with Crippen LogP contribution in [0.3, 0.4) is 0 Å². The van der Waals surface area contributed by atoms with Crippen molar-refractivity contribution in [2.45, 2.75) is 4.90 Å². The van der Waals surface area contributed by atoms with Crippen molar-refractivity contribution >= 4 is 21.7 Å². The number of benzene rings is 1. The molecular weight excluding hydrogens is 300 g/mol. The van der Waals surface area contributed by atoms with Crippen LogP contribution >= 0.6 is 0 Å². The SMILES string of the molecule is Cn1cc(S(N)(=O)=O)c(NC(=O)c2cccc(O)c2O)n1. The highest BCUT2D eigenvalue weighted by atomic mass is 32.2. The van der Waals surface area contributed by atoms with Gasteiger partial charge in [-0.25, -0.2) is 13.6 Å². The Hall–Kier alpha value is -2.59. The molecule has 5 N–H and O–H groups in total. The molecular formula is C11H12N4O5S. The van der Waals surface area contributed by atoms with E-state index in [1.807, 2.05) is 0 Å². The van der Waals surface area contributed by atoms with Crippen LogP contribution in [-0.4, -0.2) is 34.3 Å². The summed E-state index contributed by atoms with van der Waals surface area (Å²) >= 11 is 0. The summed E-state index contributed by atoms with van der Waals surface area (Å²) in [5.41, 5.74) is -0.235. The predicted molar refractivity (Wildman–Crippen MR) is 72.3 cm³/mol. The van der Waals surface area contributed by atoms with Crippen molar-refractivity contribution in [1.29, 1.82) is 0 Å². The van der Waals surface area contributed by atoms with E-state index in [2.05, 4.69) is 10.4 Å². The number of aromatic nitrogens is 2. The third kappa shape index (κ3) is 2.95. The van der Waals surface area contributed by atoms with E-state index in [0.29, 0.717) is 0 Å². The Labute approximate surface area is 119 Å². The average Bonchev–Trinajstić information content (AvgIpc) is 2.73. The summed E-state index contributed by atoms with van der Waals surface area (Å²) in [7, 11) is -2.61. The number of aromatic hydroxyl groups is 2. The molecule has 0 unspecified atom stereocenters. The van der Waals surface area contributed by atoms with Crippen LogP contribution in [-0.2, 0) is 17.1 Å². The molecule has 112 valence electrons. The molecule has 0 radical (unpaired) electrons. The van der Waals surface area contributed by atoms with Gasteiger partial charge in [-0.2, -0.15) is 5.10 Å². The highest BCUT2D eigenvalue weighted by Gasteiger charge is 2.22. The maximum Gasteiger partial charge on any atom is 0.260 e. The summed E-state index contributed by atoms with van der Waals surface area (Å²) in [5.74, 6) is -2.21. The van der Waals surface area contributed by atoms with Gasteiger partial charge in [0.05, 0.1) is 5.56 Å². The van der Waals surface area contributed by atoms with Crippen LogP contribution in [0.25, 0.3) is 0 Å². The van der Waals surface area contributed by atoms with Gasteiger partial charge >= 0.3 is 0 Å². The van der Waals surface area contributed by atoms with Gasteiger partial charge in [0, 0.05) is 13.2 Å². The molecule has 0 saturated carbocycles. The molecule has 0 spiro atoms. The number of primary sulfonamides is 1. The summed E-state index contributed by atoms with van der Waals surface area (Å²) in [6, 6.07) is 3.80. The number of para-hydroxylation sites is 1. The minimum atomic E-state index is -4.07. The highest BCUT2D eigenvalue weighted by molar-refractivity contribution is 7.89. The van der Waals surface area contributed by atoms with E-state index < -0.39 is 27.4 Å². The van der Waals surface area contributed by atoms with Crippen molar-refractivity contribution < 1.29 is 23.4 Å². The molecule has 10 heteroatoms. The number of aryl methyl sites for hydroxylation is 1. The molecule has 0 aliphatic rings. The molecule has 0 aliphatic heterocycles. The lowest BCUT2D eigenvalue weighted by Crippen LogP contribution is -2.17. The van der Waals surface area contributed by atoms with Gasteiger partial charge in [0.25, 0.3) is 5.91 Å². The molecule has 0 aliphatic carbocycles. The number of phenolic OH excluding ortho intramolecular Hbond substituents is 2. The van der Waals surface area contributed by atoms with E-state index in [1.165, 1.54) is 25.2 Å². The Balaban J connectivity index is 2.39. The smallest absolute Gasteiger partial charge is 0.260 e. The first-order chi connectivity index (χ1) is 9.70. The lowest BCUT2D eigenvalue weighted by Gasteiger charge is -2.06. The zero-order valence-electron chi connectivity index (χ0n) is 10.8. The summed E-state index contributed by atoms with van der Waals surface area (Å²) in [5, 5.41) is 30.0. The number of nitrogens with two attached hydrogens (primary N) is 1. The van der Waals surface area contributed by atoms with Crippen LogP contribution in [0.2, 0.25) is 0 Å². The molecule has 2 rings (SSSR count). The second-order valence-corrected chi connectivity index (χ2v) is 5.72. The standard InChI is InChI=1S/C11H12N4O5S/c1-15-5-8(21(12,19)20)10(14-15)13-11(18)6-3-2-4-7(16)9(6)17/h2-5,16-17H,1H3,(H2,12,19,20)(H,13,14,18). The fraction of sp³-hybridized carbons (Fsp3) is 0.0909. The zero-order chi connectivity index (χ0) is 15.8. The molecule has 1 aromatic heterocycles. The Kier molecular flexibility index (Phi) is 3.58. The summed E-state index contributed by atoms with van der Waals surface area (Å²) in [4.78, 5) is 11.6. The van der Waals surface area contributed by atoms with Crippen molar-refractivity contribution in [3.05, 3.63) is 30.0 Å². The van der Waals surface area contributed by atoms with Crippen molar-refractivity contribution in [1.82, 2.24) is 9.78 Å². The van der Waals surface area contributed by atoms with Gasteiger partial charge in [-0.15, -0.1) is 0 Å². The van der Waals surface area contributed by atoms with E-state index >= 15 is 0 Å². The number of phenols is 2. The van der Waals surface area contributed by atoms with Gasteiger partial charge in [-0.1, -0.05) is 6.07 Å². The quantitative estimate of drug-likeness (QED) is 0.573. The van der Waals surface area contributed by atoms with E-state index in [4.69, 9.17) is 5.14 Å². The van der Waals surface area contributed by atoms with Crippen molar-refractivity contribution in [3.8, 4) is 11.5 Å². The molecule has 0 atom stereocenters. The Morgan fingerprint density at radius 3 is 2.67 bits per heavy atom. The van der Waals surface area contributed by atoms with Crippen LogP contribution in [0.15, 0.2) is 29.3 Å². The number of rotatable bonds is 3. The van der Waals surface area contributed by atoms with Crippen LogP contribution in [0.4, 0.5) is 5.82 Å². The molecule has 1 aromatic carbocycles. The predicted octanol–water partition coefficient (Wildman–Crippen LogP) is -0.269. The third-order valence-corrected chi connectivity index (χ3v) is 3.50. The lowest BCUT2D eigenvalue weighted by molar-refractivity contribution is 0.102. The molecule has 1 heterocycles. The van der Waals surface area contributed by atoms with E-state index in [-0.39, 0.29) is 16.3 Å². The number of anilines is 1. The fourth-order valence-electron chi connectivity index (χ4n) is 1.65. The van der Waals surface area contributed by atoms with Gasteiger partial charge in [-0.3, -0.25) is 9.48 Å². The second-order valence-electron chi connectivity index (χ2n) is 4.19. The Morgan fingerprint density at radius 2 is 2.05 bits per heavy atom. The number of nitrogens with zero attached hydrogens (tertiary/aromatic N) is 2. The van der Waals surface area contributed by atoms with Gasteiger partial charge in [0.15, 0.2) is 17.3 Å². The molecule has 21 heavy (non-hydrogen) atoms. The first kappa shape index (κ1) is 14.8. The Bertz CT molecular complexity index is 812. The number of carbonyl (C=O) groups excluding carboxylic acids is 1. The van der Waals surface area contributed by atoms with E-state index in [0.717, 1.165) is 10.9 Å². The number of nitrogens with one attached hydrogen (secondary N) is 1. The maximum absolute atomic E-state index is 12.0. The van der Waals surface area contributed by atoms with Crippen LogP contribution in [0.1, 0.15) is 10.4 Å². The van der Waals surface area contributed by atoms with Crippen LogP contribution < -0.4 is 10.5 Å². The summed E-state index contributed by atoms with van der Waals surface area (Å²) in [6.07, 6.45) is 1.13. The molecule has 0 bridgehead atoms. The minimum Gasteiger partial charge on any atom is -0.504 e.